The van der Waals surface area contributed by atoms with E-state index >= 15 is 0 Å². The molecule has 2 heterocycles. The molecule has 3 aliphatic rings. The predicted octanol–water partition coefficient (Wildman–Crippen LogP) is 8.73. The fourth-order valence-corrected chi connectivity index (χ4v) is 9.09. The van der Waals surface area contributed by atoms with Crippen molar-refractivity contribution in [3.05, 3.63) is 114 Å². The van der Waals surface area contributed by atoms with Crippen molar-refractivity contribution in [2.24, 2.45) is 23.7 Å². The molecule has 218 valence electrons. The van der Waals surface area contributed by atoms with Crippen LogP contribution in [-0.2, 0) is 12.8 Å². The van der Waals surface area contributed by atoms with Crippen molar-refractivity contribution in [3.63, 3.8) is 0 Å². The minimum Gasteiger partial charge on any atom is -0.451 e. The molecule has 7 rings (SSSR count). The third-order valence-electron chi connectivity index (χ3n) is 9.67. The maximum Gasteiger partial charge on any atom is 0.257 e. The topological polar surface area (TPSA) is 18.5 Å². The number of rotatable bonds is 4. The Bertz CT molecular complexity index is 1450. The first-order valence-electron chi connectivity index (χ1n) is 15.9. The molecule has 4 aromatic carbocycles. The first-order valence-corrected chi connectivity index (χ1v) is 17.2. The molecule has 42 heavy (non-hydrogen) atoms. The highest BCUT2D eigenvalue weighted by Crippen LogP contribution is 2.54. The maximum absolute atomic E-state index is 7.29. The number of para-hydroxylation sites is 2. The fraction of sp³-hybridized carbons (Fsp3) is 0.385. The van der Waals surface area contributed by atoms with Gasteiger partial charge in [-0.1, -0.05) is 131 Å². The summed E-state index contributed by atoms with van der Waals surface area (Å²) in [5, 5.41) is 4.00. The summed E-state index contributed by atoms with van der Waals surface area (Å²) in [6.45, 7) is 11.1. The van der Waals surface area contributed by atoms with Crippen LogP contribution >= 0.6 is 7.92 Å². The van der Waals surface area contributed by atoms with Crippen LogP contribution in [0.2, 0.25) is 0 Å². The molecule has 0 unspecified atom stereocenters. The Morgan fingerprint density at radius 1 is 0.619 bits per heavy atom. The van der Waals surface area contributed by atoms with Crippen LogP contribution < -0.4 is 25.4 Å². The highest BCUT2D eigenvalue weighted by Gasteiger charge is 2.57. The molecule has 1 aliphatic carbocycles. The lowest BCUT2D eigenvalue weighted by Crippen LogP contribution is -2.62. The molecule has 3 heteroatoms. The third kappa shape index (κ3) is 5.51. The Hall–Kier alpha value is -3.09. The van der Waals surface area contributed by atoms with Crippen LogP contribution in [0.5, 0.6) is 11.5 Å². The Kier molecular flexibility index (Phi) is 8.46. The van der Waals surface area contributed by atoms with Gasteiger partial charge in [0.25, 0.3) is 5.79 Å². The number of aryl methyl sites for hydroxylation is 1. The molecule has 2 nitrogen and oxygen atoms in total. The molecule has 1 spiro atoms. The summed E-state index contributed by atoms with van der Waals surface area (Å²) in [6.07, 6.45) is 5.63. The monoisotopic (exact) mass is 576 g/mol. The van der Waals surface area contributed by atoms with E-state index in [2.05, 4.69) is 132 Å². The summed E-state index contributed by atoms with van der Waals surface area (Å²) in [7, 11) is -0.752. The molecule has 3 atom stereocenters. The Morgan fingerprint density at radius 3 is 1.67 bits per heavy atom. The third-order valence-corrected chi connectivity index (χ3v) is 12.1. The Morgan fingerprint density at radius 2 is 1.12 bits per heavy atom. The lowest BCUT2D eigenvalue weighted by molar-refractivity contribution is -0.225. The first-order chi connectivity index (χ1) is 20.4. The zero-order valence-corrected chi connectivity index (χ0v) is 26.7. The Balaban J connectivity index is 0.000000479. The minimum absolute atomic E-state index is 0.381. The summed E-state index contributed by atoms with van der Waals surface area (Å²) in [4.78, 5) is 0. The molecule has 2 aliphatic heterocycles. The second-order valence-corrected chi connectivity index (χ2v) is 15.2. The van der Waals surface area contributed by atoms with Crippen molar-refractivity contribution in [3.8, 4) is 11.5 Å². The summed E-state index contributed by atoms with van der Waals surface area (Å²) < 4.78 is 14.3. The van der Waals surface area contributed by atoms with Gasteiger partial charge in [-0.25, -0.2) is 0 Å². The van der Waals surface area contributed by atoms with Crippen LogP contribution in [0.15, 0.2) is 97.1 Å². The van der Waals surface area contributed by atoms with E-state index in [-0.39, 0.29) is 0 Å². The van der Waals surface area contributed by atoms with E-state index in [1.807, 2.05) is 0 Å². The van der Waals surface area contributed by atoms with Crippen molar-refractivity contribution in [2.75, 3.05) is 0 Å². The standard InChI is InChI=1S/C33H31O2P.C6H14/c1-23-11-8-12-24-21-26-14-10-15-27-22-25-13-9-20-30(32(25)35-33(26,27)34-31(23)24)36(28-16-4-2-5-17-28)29-18-6-3-7-19-29;1-5(2)6(3)4/h2-9,11-13,16-20,26-27H,10,14-15,21-22H2,1H3;5-6H,1-4H3/t26-,27-,33-;/m0./s1. The van der Waals surface area contributed by atoms with E-state index in [0.717, 1.165) is 49.0 Å². The Labute approximate surface area is 254 Å². The van der Waals surface area contributed by atoms with Crippen LogP contribution in [-0.4, -0.2) is 5.79 Å². The van der Waals surface area contributed by atoms with Crippen molar-refractivity contribution >= 4 is 23.8 Å². The van der Waals surface area contributed by atoms with Crippen LogP contribution in [0.1, 0.15) is 63.6 Å². The maximum atomic E-state index is 7.29. The first kappa shape index (κ1) is 29.0. The lowest BCUT2D eigenvalue weighted by atomic mass is 9.68. The number of fused-ring (bicyclic) bond motifs is 2. The second kappa shape index (κ2) is 12.3. The zero-order valence-electron chi connectivity index (χ0n) is 25.8. The molecule has 0 N–H and O–H groups in total. The molecule has 0 amide bonds. The van der Waals surface area contributed by atoms with Crippen molar-refractivity contribution in [1.82, 2.24) is 0 Å². The molecule has 1 fully saturated rings. The smallest absolute Gasteiger partial charge is 0.257 e. The van der Waals surface area contributed by atoms with Gasteiger partial charge in [-0.3, -0.25) is 0 Å². The van der Waals surface area contributed by atoms with Crippen molar-refractivity contribution in [1.29, 1.82) is 0 Å². The number of ether oxygens (including phenoxy) is 2. The van der Waals surface area contributed by atoms with Gasteiger partial charge in [0.1, 0.15) is 11.5 Å². The van der Waals surface area contributed by atoms with Gasteiger partial charge in [0, 0.05) is 17.1 Å². The van der Waals surface area contributed by atoms with Crippen LogP contribution in [0.4, 0.5) is 0 Å². The van der Waals surface area contributed by atoms with E-state index in [4.69, 9.17) is 9.47 Å². The molecular formula is C39H45O2P. The SMILES string of the molecule is CC(C)C(C)C.Cc1cccc2c1O[C@@]13Oc4c(cccc4P(c4ccccc4)c4ccccc4)C[C@@H]1CCC[C@H]3C2. The highest BCUT2D eigenvalue weighted by molar-refractivity contribution is 7.80. The zero-order chi connectivity index (χ0) is 29.3. The molecule has 0 bridgehead atoms. The average molecular weight is 577 g/mol. The van der Waals surface area contributed by atoms with Gasteiger partial charge >= 0.3 is 0 Å². The minimum atomic E-state index is -0.752. The van der Waals surface area contributed by atoms with Crippen molar-refractivity contribution < 1.29 is 9.47 Å². The molecule has 1 saturated carbocycles. The van der Waals surface area contributed by atoms with Crippen LogP contribution in [0.25, 0.3) is 0 Å². The highest BCUT2D eigenvalue weighted by atomic mass is 31.1. The lowest BCUT2D eigenvalue weighted by Gasteiger charge is -2.54. The molecule has 0 saturated heterocycles. The average Bonchev–Trinajstić information content (AvgIpc) is 3.00. The van der Waals surface area contributed by atoms with E-state index in [1.54, 1.807) is 0 Å². The van der Waals surface area contributed by atoms with Crippen LogP contribution in [0.3, 0.4) is 0 Å². The molecular weight excluding hydrogens is 531 g/mol. The fourth-order valence-electron chi connectivity index (χ4n) is 6.67. The number of benzene rings is 4. The van der Waals surface area contributed by atoms with Gasteiger partial charge in [-0.15, -0.1) is 0 Å². The summed E-state index contributed by atoms with van der Waals surface area (Å²) in [6, 6.07) is 35.3. The summed E-state index contributed by atoms with van der Waals surface area (Å²) >= 11 is 0. The van der Waals surface area contributed by atoms with Gasteiger partial charge in [0.2, 0.25) is 0 Å². The van der Waals surface area contributed by atoms with E-state index in [9.17, 15) is 0 Å². The predicted molar refractivity (Wildman–Crippen MR) is 178 cm³/mol. The number of hydrogen-bond acceptors (Lipinski definition) is 2. The van der Waals surface area contributed by atoms with Crippen molar-refractivity contribution in [2.45, 2.75) is 72.5 Å². The normalized spacial score (nSPS) is 22.1. The second-order valence-electron chi connectivity index (χ2n) is 13.0. The largest absolute Gasteiger partial charge is 0.451 e. The van der Waals surface area contributed by atoms with E-state index in [0.29, 0.717) is 11.8 Å². The quantitative estimate of drug-likeness (QED) is 0.226. The summed E-state index contributed by atoms with van der Waals surface area (Å²) in [5.41, 5.74) is 3.88. The molecule has 0 aromatic heterocycles. The molecule has 4 aromatic rings. The van der Waals surface area contributed by atoms with E-state index in [1.165, 1.54) is 39.0 Å². The summed E-state index contributed by atoms with van der Waals surface area (Å²) in [5.74, 6) is 4.01. The van der Waals surface area contributed by atoms with Crippen LogP contribution in [0, 0.1) is 30.6 Å². The van der Waals surface area contributed by atoms with Gasteiger partial charge < -0.3 is 9.47 Å². The van der Waals surface area contributed by atoms with Gasteiger partial charge in [0.15, 0.2) is 0 Å². The van der Waals surface area contributed by atoms with E-state index < -0.39 is 13.7 Å². The van der Waals surface area contributed by atoms with Gasteiger partial charge in [-0.05, 0) is 79.7 Å². The van der Waals surface area contributed by atoms with Gasteiger partial charge in [-0.2, -0.15) is 0 Å². The van der Waals surface area contributed by atoms with Gasteiger partial charge in [0.05, 0.1) is 0 Å². The number of hydrogen-bond donors (Lipinski definition) is 0. The molecule has 0 radical (unpaired) electrons.